The average molecular weight is 275 g/mol. The molecule has 0 radical (unpaired) electrons. The lowest BCUT2D eigenvalue weighted by Crippen LogP contribution is -2.40. The minimum atomic E-state index is 0.351. The zero-order chi connectivity index (χ0) is 14.4. The molecular weight excluding hydrogens is 246 g/mol. The Kier molecular flexibility index (Phi) is 5.90. The van der Waals surface area contributed by atoms with E-state index >= 15 is 0 Å². The summed E-state index contributed by atoms with van der Waals surface area (Å²) in [5, 5.41) is 13.1. The molecule has 1 unspecified atom stereocenters. The van der Waals surface area contributed by atoms with Gasteiger partial charge in [0.05, 0.1) is 0 Å². The molecular formula is C18H29NO. The molecule has 112 valence electrons. The summed E-state index contributed by atoms with van der Waals surface area (Å²) < 4.78 is 0. The summed E-state index contributed by atoms with van der Waals surface area (Å²) in [4.78, 5) is 0. The summed E-state index contributed by atoms with van der Waals surface area (Å²) in [5.41, 5.74) is 1.29. The maximum Gasteiger partial charge on any atom is 0.115 e. The molecule has 0 amide bonds. The standard InChI is InChI=1S/C18H29NO/c1-3-4-15-5-9-17(10-6-15)19-14(2)13-16-7-11-18(20)12-8-16/h7-8,11-12,14-15,17,19-20H,3-6,9-10,13H2,1-2H3. The number of hydrogen-bond acceptors (Lipinski definition) is 2. The summed E-state index contributed by atoms with van der Waals surface area (Å²) in [6.45, 7) is 4.56. The first-order chi connectivity index (χ1) is 9.67. The van der Waals surface area contributed by atoms with Gasteiger partial charge in [-0.3, -0.25) is 0 Å². The smallest absolute Gasteiger partial charge is 0.115 e. The molecule has 0 spiro atoms. The average Bonchev–Trinajstić information content (AvgIpc) is 2.44. The van der Waals surface area contributed by atoms with E-state index in [1.54, 1.807) is 12.1 Å². The number of phenols is 1. The van der Waals surface area contributed by atoms with Gasteiger partial charge in [0.15, 0.2) is 0 Å². The molecule has 1 aromatic carbocycles. The SMILES string of the molecule is CCCC1CCC(NC(C)Cc2ccc(O)cc2)CC1. The van der Waals surface area contributed by atoms with Crippen molar-refractivity contribution < 1.29 is 5.11 Å². The van der Waals surface area contributed by atoms with Gasteiger partial charge in [-0.15, -0.1) is 0 Å². The van der Waals surface area contributed by atoms with Crippen LogP contribution in [0, 0.1) is 5.92 Å². The predicted octanol–water partition coefficient (Wildman–Crippen LogP) is 4.27. The molecule has 0 aliphatic heterocycles. The third-order valence-electron chi connectivity index (χ3n) is 4.54. The quantitative estimate of drug-likeness (QED) is 0.812. The Hall–Kier alpha value is -1.02. The van der Waals surface area contributed by atoms with Gasteiger partial charge in [-0.25, -0.2) is 0 Å². The van der Waals surface area contributed by atoms with Gasteiger partial charge in [0, 0.05) is 12.1 Å². The fourth-order valence-corrected chi connectivity index (χ4v) is 3.47. The minimum Gasteiger partial charge on any atom is -0.508 e. The lowest BCUT2D eigenvalue weighted by Gasteiger charge is -2.31. The predicted molar refractivity (Wildman–Crippen MR) is 85.1 cm³/mol. The molecule has 1 aliphatic rings. The number of nitrogens with one attached hydrogen (secondary N) is 1. The van der Waals surface area contributed by atoms with Crippen molar-refractivity contribution in [3.63, 3.8) is 0 Å². The van der Waals surface area contributed by atoms with Gasteiger partial charge < -0.3 is 10.4 Å². The second-order valence-electron chi connectivity index (χ2n) is 6.44. The van der Waals surface area contributed by atoms with E-state index < -0.39 is 0 Å². The van der Waals surface area contributed by atoms with Crippen LogP contribution in [0.15, 0.2) is 24.3 Å². The van der Waals surface area contributed by atoms with Crippen molar-refractivity contribution in [3.05, 3.63) is 29.8 Å². The highest BCUT2D eigenvalue weighted by atomic mass is 16.3. The first-order valence-electron chi connectivity index (χ1n) is 8.21. The van der Waals surface area contributed by atoms with Crippen molar-refractivity contribution in [3.8, 4) is 5.75 Å². The van der Waals surface area contributed by atoms with E-state index in [0.717, 1.165) is 12.3 Å². The second-order valence-corrected chi connectivity index (χ2v) is 6.44. The van der Waals surface area contributed by atoms with Gasteiger partial charge in [-0.1, -0.05) is 31.9 Å². The summed E-state index contributed by atoms with van der Waals surface area (Å²) in [6, 6.07) is 8.80. The van der Waals surface area contributed by atoms with E-state index in [1.807, 2.05) is 12.1 Å². The molecule has 2 rings (SSSR count). The Labute approximate surface area is 123 Å². The minimum absolute atomic E-state index is 0.351. The Morgan fingerprint density at radius 1 is 1.15 bits per heavy atom. The normalized spacial score (nSPS) is 24.5. The number of benzene rings is 1. The molecule has 0 heterocycles. The Morgan fingerprint density at radius 3 is 2.40 bits per heavy atom. The van der Waals surface area contributed by atoms with Gasteiger partial charge in [-0.2, -0.15) is 0 Å². The van der Waals surface area contributed by atoms with E-state index in [1.165, 1.54) is 44.1 Å². The highest BCUT2D eigenvalue weighted by molar-refractivity contribution is 5.26. The lowest BCUT2D eigenvalue weighted by molar-refractivity contribution is 0.265. The van der Waals surface area contributed by atoms with Crippen LogP contribution in [0.1, 0.15) is 57.9 Å². The lowest BCUT2D eigenvalue weighted by atomic mass is 9.83. The second kappa shape index (κ2) is 7.68. The van der Waals surface area contributed by atoms with Gasteiger partial charge >= 0.3 is 0 Å². The summed E-state index contributed by atoms with van der Waals surface area (Å²) in [6.07, 6.45) is 9.26. The van der Waals surface area contributed by atoms with Crippen LogP contribution in [0.5, 0.6) is 5.75 Å². The van der Waals surface area contributed by atoms with Gasteiger partial charge in [0.25, 0.3) is 0 Å². The van der Waals surface area contributed by atoms with E-state index in [0.29, 0.717) is 17.8 Å². The van der Waals surface area contributed by atoms with Crippen LogP contribution in [-0.2, 0) is 6.42 Å². The van der Waals surface area contributed by atoms with Crippen LogP contribution in [-0.4, -0.2) is 17.2 Å². The number of rotatable bonds is 6. The zero-order valence-electron chi connectivity index (χ0n) is 12.9. The van der Waals surface area contributed by atoms with E-state index in [4.69, 9.17) is 0 Å². The largest absolute Gasteiger partial charge is 0.508 e. The van der Waals surface area contributed by atoms with Crippen LogP contribution in [0.25, 0.3) is 0 Å². The Morgan fingerprint density at radius 2 is 1.80 bits per heavy atom. The molecule has 1 atom stereocenters. The van der Waals surface area contributed by atoms with Crippen LogP contribution < -0.4 is 5.32 Å². The van der Waals surface area contributed by atoms with Gasteiger partial charge in [0.2, 0.25) is 0 Å². The molecule has 0 aromatic heterocycles. The van der Waals surface area contributed by atoms with E-state index in [2.05, 4.69) is 19.2 Å². The van der Waals surface area contributed by atoms with Crippen LogP contribution in [0.4, 0.5) is 0 Å². The molecule has 20 heavy (non-hydrogen) atoms. The molecule has 1 aliphatic carbocycles. The number of aromatic hydroxyl groups is 1. The fraction of sp³-hybridized carbons (Fsp3) is 0.667. The van der Waals surface area contributed by atoms with E-state index in [-0.39, 0.29) is 0 Å². The third kappa shape index (κ3) is 4.82. The van der Waals surface area contributed by atoms with Crippen molar-refractivity contribution in [1.29, 1.82) is 0 Å². The van der Waals surface area contributed by atoms with Crippen molar-refractivity contribution in [2.24, 2.45) is 5.92 Å². The van der Waals surface area contributed by atoms with Crippen molar-refractivity contribution in [1.82, 2.24) is 5.32 Å². The van der Waals surface area contributed by atoms with Crippen LogP contribution in [0.2, 0.25) is 0 Å². The van der Waals surface area contributed by atoms with Gasteiger partial charge in [0.1, 0.15) is 5.75 Å². The molecule has 2 heteroatoms. The third-order valence-corrected chi connectivity index (χ3v) is 4.54. The molecule has 0 bridgehead atoms. The van der Waals surface area contributed by atoms with E-state index in [9.17, 15) is 5.11 Å². The van der Waals surface area contributed by atoms with Gasteiger partial charge in [-0.05, 0) is 62.6 Å². The first-order valence-corrected chi connectivity index (χ1v) is 8.21. The van der Waals surface area contributed by atoms with Crippen LogP contribution in [0.3, 0.4) is 0 Å². The highest BCUT2D eigenvalue weighted by Gasteiger charge is 2.21. The number of hydrogen-bond donors (Lipinski definition) is 2. The van der Waals surface area contributed by atoms with Crippen molar-refractivity contribution >= 4 is 0 Å². The highest BCUT2D eigenvalue weighted by Crippen LogP contribution is 2.28. The number of phenolic OH excluding ortho intramolecular Hbond substituents is 1. The Bertz CT molecular complexity index is 379. The monoisotopic (exact) mass is 275 g/mol. The first kappa shape index (κ1) is 15.4. The summed E-state index contributed by atoms with van der Waals surface area (Å²) in [7, 11) is 0. The zero-order valence-corrected chi connectivity index (χ0v) is 12.9. The molecule has 2 N–H and O–H groups in total. The molecule has 1 aromatic rings. The Balaban J connectivity index is 1.72. The molecule has 2 nitrogen and oxygen atoms in total. The summed E-state index contributed by atoms with van der Waals surface area (Å²) in [5.74, 6) is 1.33. The van der Waals surface area contributed by atoms with Crippen LogP contribution >= 0.6 is 0 Å². The molecule has 1 saturated carbocycles. The maximum atomic E-state index is 9.30. The molecule has 0 saturated heterocycles. The topological polar surface area (TPSA) is 32.3 Å². The summed E-state index contributed by atoms with van der Waals surface area (Å²) >= 11 is 0. The molecule has 1 fully saturated rings. The van der Waals surface area contributed by atoms with Crippen molar-refractivity contribution in [2.45, 2.75) is 70.9 Å². The maximum absolute atomic E-state index is 9.30. The fourth-order valence-electron chi connectivity index (χ4n) is 3.47. The van der Waals surface area contributed by atoms with Crippen molar-refractivity contribution in [2.75, 3.05) is 0 Å².